The van der Waals surface area contributed by atoms with Gasteiger partial charge in [-0.3, -0.25) is 23.7 Å². The summed E-state index contributed by atoms with van der Waals surface area (Å²) in [6.45, 7) is 7.18. The Kier molecular flexibility index (Phi) is 10.4. The van der Waals surface area contributed by atoms with Crippen LogP contribution >= 0.6 is 11.6 Å². The van der Waals surface area contributed by atoms with Crippen molar-refractivity contribution in [2.45, 2.75) is 58.3 Å². The van der Waals surface area contributed by atoms with Crippen LogP contribution < -0.4 is 15.6 Å². The number of aldehydes is 1. The summed E-state index contributed by atoms with van der Waals surface area (Å²) in [6.07, 6.45) is -1.85. The van der Waals surface area contributed by atoms with Gasteiger partial charge in [-0.2, -0.15) is 0 Å². The molecule has 0 radical (unpaired) electrons. The maximum absolute atomic E-state index is 13.6. The molecule has 4 N–H and O–H groups in total. The molecule has 0 spiro atoms. The fourth-order valence-corrected chi connectivity index (χ4v) is 4.30. The van der Waals surface area contributed by atoms with Gasteiger partial charge >= 0.3 is 6.16 Å². The van der Waals surface area contributed by atoms with E-state index in [2.05, 4.69) is 5.32 Å². The molecular formula is C30H33ClN2O9. The molecule has 0 aliphatic heterocycles. The first-order chi connectivity index (χ1) is 19.6. The first kappa shape index (κ1) is 32.6. The summed E-state index contributed by atoms with van der Waals surface area (Å²) in [6, 6.07) is 10.2. The van der Waals surface area contributed by atoms with Crippen molar-refractivity contribution in [3.05, 3.63) is 81.2 Å². The minimum absolute atomic E-state index is 0.00741. The van der Waals surface area contributed by atoms with Crippen LogP contribution in [0, 0.1) is 0 Å². The van der Waals surface area contributed by atoms with Crippen LogP contribution in [0.3, 0.4) is 0 Å². The molecule has 0 aliphatic carbocycles. The van der Waals surface area contributed by atoms with E-state index in [1.807, 2.05) is 20.8 Å². The number of halogens is 1. The molecule has 42 heavy (non-hydrogen) atoms. The summed E-state index contributed by atoms with van der Waals surface area (Å²) in [5.41, 5.74) is -0.256. The van der Waals surface area contributed by atoms with Crippen LogP contribution in [0.2, 0.25) is 5.02 Å². The predicted molar refractivity (Wildman–Crippen MR) is 156 cm³/mol. The quantitative estimate of drug-likeness (QED) is 0.137. The fourth-order valence-electron chi connectivity index (χ4n) is 4.13. The zero-order valence-electron chi connectivity index (χ0n) is 23.6. The summed E-state index contributed by atoms with van der Waals surface area (Å²) in [7, 11) is 0. The van der Waals surface area contributed by atoms with Gasteiger partial charge in [-0.25, -0.2) is 0 Å². The van der Waals surface area contributed by atoms with Crippen molar-refractivity contribution in [3.63, 3.8) is 0 Å². The van der Waals surface area contributed by atoms with Crippen molar-refractivity contribution in [2.75, 3.05) is 11.9 Å². The smallest absolute Gasteiger partial charge is 0.415 e. The number of nitrogens with one attached hydrogen (secondary N) is 1. The van der Waals surface area contributed by atoms with Crippen LogP contribution in [0.15, 0.2) is 59.5 Å². The highest BCUT2D eigenvalue weighted by Gasteiger charge is 2.29. The molecule has 12 heteroatoms. The van der Waals surface area contributed by atoms with E-state index in [-0.39, 0.29) is 46.9 Å². The van der Waals surface area contributed by atoms with Gasteiger partial charge < -0.3 is 30.1 Å². The van der Waals surface area contributed by atoms with Crippen LogP contribution in [-0.4, -0.2) is 56.2 Å². The van der Waals surface area contributed by atoms with Crippen LogP contribution in [0.5, 0.6) is 5.75 Å². The number of anilines is 1. The number of nitrogens with zero attached hydrogens (tertiary/aromatic N) is 1. The molecular weight excluding hydrogens is 568 g/mol. The Hall–Kier alpha value is -3.87. The lowest BCUT2D eigenvalue weighted by molar-refractivity contribution is -0.419. The molecule has 224 valence electrons. The topological polar surface area (TPSA) is 164 Å². The third kappa shape index (κ3) is 8.81. The third-order valence-corrected chi connectivity index (χ3v) is 6.30. The van der Waals surface area contributed by atoms with Crippen molar-refractivity contribution >= 4 is 35.3 Å². The van der Waals surface area contributed by atoms with Crippen LogP contribution in [0.25, 0.3) is 11.1 Å². The van der Waals surface area contributed by atoms with Gasteiger partial charge in [-0.05, 0) is 68.8 Å². The molecule has 3 aromatic rings. The normalized spacial score (nSPS) is 12.5. The molecule has 1 unspecified atom stereocenters. The Morgan fingerprint density at radius 2 is 1.71 bits per heavy atom. The number of amides is 1. The van der Waals surface area contributed by atoms with E-state index in [1.165, 1.54) is 42.5 Å². The van der Waals surface area contributed by atoms with Crippen LogP contribution in [0.1, 0.15) is 67.3 Å². The zero-order chi connectivity index (χ0) is 31.2. The zero-order valence-corrected chi connectivity index (χ0v) is 24.3. The van der Waals surface area contributed by atoms with E-state index in [0.717, 1.165) is 16.8 Å². The number of ether oxygens (including phenoxy) is 2. The van der Waals surface area contributed by atoms with Crippen molar-refractivity contribution in [1.82, 2.24) is 4.57 Å². The lowest BCUT2D eigenvalue weighted by atomic mass is 9.96. The van der Waals surface area contributed by atoms with Crippen LogP contribution in [0.4, 0.5) is 5.69 Å². The minimum atomic E-state index is -3.67. The first-order valence-corrected chi connectivity index (χ1v) is 13.4. The Balaban J connectivity index is 2.16. The second-order valence-corrected chi connectivity index (χ2v) is 10.9. The van der Waals surface area contributed by atoms with E-state index in [1.54, 1.807) is 6.92 Å². The lowest BCUT2D eigenvalue weighted by Gasteiger charge is -2.25. The summed E-state index contributed by atoms with van der Waals surface area (Å²) in [4.78, 5) is 50.7. The van der Waals surface area contributed by atoms with E-state index >= 15 is 0 Å². The van der Waals surface area contributed by atoms with Crippen molar-refractivity contribution in [1.29, 1.82) is 0 Å². The lowest BCUT2D eigenvalue weighted by Crippen LogP contribution is -2.37. The van der Waals surface area contributed by atoms with Gasteiger partial charge in [0, 0.05) is 52.9 Å². The second-order valence-electron chi connectivity index (χ2n) is 10.4. The van der Waals surface area contributed by atoms with Crippen LogP contribution in [-0.2, 0) is 9.53 Å². The molecule has 0 saturated carbocycles. The number of carbonyl (C=O) groups is 3. The molecule has 0 aliphatic rings. The molecule has 0 saturated heterocycles. The maximum Gasteiger partial charge on any atom is 0.453 e. The maximum atomic E-state index is 13.6. The highest BCUT2D eigenvalue weighted by atomic mass is 35.5. The number of hydrogen-bond acceptors (Lipinski definition) is 9. The SMILES string of the molecule is CCC(=O)c1ccc(Cl)cc1-c1cc(=O)n(C(CCOC(C)(C)C)C(=O)Nc2ccc(C=O)cc2)cc1OC(O)(O)O. The first-order valence-electron chi connectivity index (χ1n) is 13.1. The number of hydrogen-bond donors (Lipinski definition) is 4. The minimum Gasteiger partial charge on any atom is -0.415 e. The van der Waals surface area contributed by atoms with Gasteiger partial charge in [0.1, 0.15) is 12.3 Å². The molecule has 3 rings (SSSR count). The van der Waals surface area contributed by atoms with Gasteiger partial charge in [-0.15, -0.1) is 0 Å². The molecule has 0 fully saturated rings. The van der Waals surface area contributed by atoms with Crippen molar-refractivity contribution < 1.29 is 39.2 Å². The highest BCUT2D eigenvalue weighted by Crippen LogP contribution is 2.35. The highest BCUT2D eigenvalue weighted by molar-refractivity contribution is 6.31. The van der Waals surface area contributed by atoms with Crippen molar-refractivity contribution in [2.24, 2.45) is 0 Å². The third-order valence-electron chi connectivity index (χ3n) is 6.06. The number of carbonyl (C=O) groups excluding carboxylic acids is 3. The summed E-state index contributed by atoms with van der Waals surface area (Å²) < 4.78 is 11.8. The van der Waals surface area contributed by atoms with E-state index < -0.39 is 35.0 Å². The fraction of sp³-hybridized carbons (Fsp3) is 0.333. The second kappa shape index (κ2) is 13.4. The van der Waals surface area contributed by atoms with E-state index in [0.29, 0.717) is 17.5 Å². The summed E-state index contributed by atoms with van der Waals surface area (Å²) in [5, 5.41) is 32.0. The Morgan fingerprint density at radius 1 is 1.05 bits per heavy atom. The largest absolute Gasteiger partial charge is 0.453 e. The van der Waals surface area contributed by atoms with Gasteiger partial charge in [0.05, 0.1) is 11.8 Å². The van der Waals surface area contributed by atoms with E-state index in [9.17, 15) is 34.5 Å². The van der Waals surface area contributed by atoms with Gasteiger partial charge in [0.2, 0.25) is 5.91 Å². The Bertz CT molecular complexity index is 1500. The number of Topliss-reactive ketones (excluding diaryl/α,β-unsaturated/α-hetero) is 1. The molecule has 1 atom stereocenters. The molecule has 1 amide bonds. The van der Waals surface area contributed by atoms with Gasteiger partial charge in [0.25, 0.3) is 5.56 Å². The standard InChI is InChI=1S/C30H33ClN2O9/c1-5-25(35)21-11-8-19(31)14-22(21)23-15-27(36)33(16-26(23)42-30(38,39)40)24(12-13-41-29(2,3)4)28(37)32-20-9-6-18(17-34)7-10-20/h6-11,14-17,24,38-40H,5,12-13H2,1-4H3,(H,32,37). The van der Waals surface area contributed by atoms with E-state index in [4.69, 9.17) is 21.1 Å². The summed E-state index contributed by atoms with van der Waals surface area (Å²) >= 11 is 6.18. The monoisotopic (exact) mass is 600 g/mol. The Morgan fingerprint density at radius 3 is 2.29 bits per heavy atom. The number of rotatable bonds is 12. The number of benzene rings is 2. The molecule has 11 nitrogen and oxygen atoms in total. The average molecular weight is 601 g/mol. The molecule has 1 aromatic heterocycles. The molecule has 0 bridgehead atoms. The number of aromatic nitrogens is 1. The number of pyridine rings is 1. The Labute approximate surface area is 247 Å². The van der Waals surface area contributed by atoms with Gasteiger partial charge in [0.15, 0.2) is 11.5 Å². The van der Waals surface area contributed by atoms with Gasteiger partial charge in [-0.1, -0.05) is 18.5 Å². The molecule has 2 aromatic carbocycles. The summed E-state index contributed by atoms with van der Waals surface area (Å²) in [5.74, 6) is -1.35. The molecule has 1 heterocycles. The average Bonchev–Trinajstić information content (AvgIpc) is 2.90. The number of aliphatic hydroxyl groups is 3. The predicted octanol–water partition coefficient (Wildman–Crippen LogP) is 3.93. The van der Waals surface area contributed by atoms with Crippen molar-refractivity contribution in [3.8, 4) is 16.9 Å². The number of ketones is 1.